The fourth-order valence-electron chi connectivity index (χ4n) is 8.21. The highest BCUT2D eigenvalue weighted by Crippen LogP contribution is 2.36. The molecule has 3 heterocycles. The molecule has 0 amide bonds. The quantitative estimate of drug-likeness (QED) is 0.180. The Kier molecular flexibility index (Phi) is 6.82. The van der Waals surface area contributed by atoms with E-state index in [1.165, 1.54) is 43.6 Å². The zero-order valence-electron chi connectivity index (χ0n) is 29.3. The maximum absolute atomic E-state index is 5.21. The summed E-state index contributed by atoms with van der Waals surface area (Å²) in [5.74, 6) is 0.712. The second kappa shape index (κ2) is 12.1. The van der Waals surface area contributed by atoms with Crippen LogP contribution in [-0.4, -0.2) is 19.1 Å². The minimum absolute atomic E-state index is 0.712. The summed E-state index contributed by atoms with van der Waals surface area (Å²) in [6, 6.07) is 69.0. The first-order chi connectivity index (χ1) is 26.8. The van der Waals surface area contributed by atoms with E-state index < -0.39 is 0 Å². The van der Waals surface area contributed by atoms with Gasteiger partial charge in [0.05, 0.1) is 33.3 Å². The number of aromatic nitrogens is 4. The molecule has 11 aromatic rings. The Morgan fingerprint density at radius 1 is 0.278 bits per heavy atom. The Balaban J connectivity index is 0.934. The van der Waals surface area contributed by atoms with E-state index in [0.717, 1.165) is 50.2 Å². The van der Waals surface area contributed by atoms with Gasteiger partial charge >= 0.3 is 0 Å². The molecule has 3 aromatic heterocycles. The summed E-state index contributed by atoms with van der Waals surface area (Å²) in [5.41, 5.74) is 13.3. The molecular formula is C50H32N4. The lowest BCUT2D eigenvalue weighted by atomic mass is 10.0. The average Bonchev–Trinajstić information content (AvgIpc) is 3.77. The number of fused-ring (bicyclic) bond motifs is 7. The molecule has 252 valence electrons. The van der Waals surface area contributed by atoms with Gasteiger partial charge in [0, 0.05) is 49.4 Å². The number of rotatable bonds is 5. The van der Waals surface area contributed by atoms with Crippen LogP contribution in [0.5, 0.6) is 0 Å². The normalized spacial score (nSPS) is 11.7. The van der Waals surface area contributed by atoms with Gasteiger partial charge in [-0.15, -0.1) is 0 Å². The molecule has 0 aliphatic rings. The number of para-hydroxylation sites is 5. The Morgan fingerprint density at radius 2 is 0.630 bits per heavy atom. The first-order valence-corrected chi connectivity index (χ1v) is 18.3. The predicted octanol–water partition coefficient (Wildman–Crippen LogP) is 12.8. The monoisotopic (exact) mass is 688 g/mol. The van der Waals surface area contributed by atoms with Crippen LogP contribution in [0.25, 0.3) is 99.7 Å². The van der Waals surface area contributed by atoms with Crippen molar-refractivity contribution in [3.63, 3.8) is 0 Å². The Labute approximate surface area is 311 Å². The zero-order chi connectivity index (χ0) is 35.6. The van der Waals surface area contributed by atoms with Gasteiger partial charge in [-0.3, -0.25) is 0 Å². The summed E-state index contributed by atoms with van der Waals surface area (Å²) in [6.07, 6.45) is 0. The van der Waals surface area contributed by atoms with Gasteiger partial charge in [0.15, 0.2) is 5.82 Å². The Bertz CT molecular complexity index is 3080. The minimum atomic E-state index is 0.712. The van der Waals surface area contributed by atoms with Crippen LogP contribution in [0.1, 0.15) is 0 Å². The van der Waals surface area contributed by atoms with E-state index in [-0.39, 0.29) is 0 Å². The SMILES string of the molecule is c1ccc2c(-c3ccc(-n4c5ccccc5c5ccccc54)cc3)nc(-c3ccc(-c4ccc(-n5c6ccccc6c6ccccc65)cc4)cc3)nc2c1. The van der Waals surface area contributed by atoms with Gasteiger partial charge < -0.3 is 9.13 Å². The van der Waals surface area contributed by atoms with E-state index in [0.29, 0.717) is 5.82 Å². The molecule has 4 heteroatoms. The summed E-state index contributed by atoms with van der Waals surface area (Å²) < 4.78 is 4.70. The molecular weight excluding hydrogens is 657 g/mol. The first kappa shape index (κ1) is 30.3. The summed E-state index contributed by atoms with van der Waals surface area (Å²) in [5, 5.41) is 6.08. The van der Waals surface area contributed by atoms with E-state index in [1.807, 2.05) is 6.07 Å². The van der Waals surface area contributed by atoms with Crippen molar-refractivity contribution in [2.24, 2.45) is 0 Å². The third kappa shape index (κ3) is 4.78. The van der Waals surface area contributed by atoms with Crippen LogP contribution in [0, 0.1) is 0 Å². The molecule has 0 fully saturated rings. The van der Waals surface area contributed by atoms with E-state index >= 15 is 0 Å². The highest BCUT2D eigenvalue weighted by Gasteiger charge is 2.15. The largest absolute Gasteiger partial charge is 0.309 e. The van der Waals surface area contributed by atoms with E-state index in [4.69, 9.17) is 9.97 Å². The second-order valence-electron chi connectivity index (χ2n) is 13.8. The maximum Gasteiger partial charge on any atom is 0.160 e. The molecule has 0 N–H and O–H groups in total. The summed E-state index contributed by atoms with van der Waals surface area (Å²) in [4.78, 5) is 10.2. The molecule has 0 aliphatic carbocycles. The van der Waals surface area contributed by atoms with E-state index in [1.54, 1.807) is 0 Å². The van der Waals surface area contributed by atoms with Crippen LogP contribution in [0.15, 0.2) is 194 Å². The van der Waals surface area contributed by atoms with Crippen molar-refractivity contribution >= 4 is 54.5 Å². The van der Waals surface area contributed by atoms with Crippen LogP contribution >= 0.6 is 0 Å². The van der Waals surface area contributed by atoms with Crippen molar-refractivity contribution in [1.82, 2.24) is 19.1 Å². The maximum atomic E-state index is 5.21. The molecule has 0 radical (unpaired) electrons. The molecule has 0 bridgehead atoms. The van der Waals surface area contributed by atoms with Crippen molar-refractivity contribution in [2.75, 3.05) is 0 Å². The van der Waals surface area contributed by atoms with Crippen molar-refractivity contribution in [1.29, 1.82) is 0 Å². The smallest absolute Gasteiger partial charge is 0.160 e. The zero-order valence-corrected chi connectivity index (χ0v) is 29.3. The molecule has 54 heavy (non-hydrogen) atoms. The fraction of sp³-hybridized carbons (Fsp3) is 0. The van der Waals surface area contributed by atoms with Gasteiger partial charge in [0.25, 0.3) is 0 Å². The average molecular weight is 689 g/mol. The summed E-state index contributed by atoms with van der Waals surface area (Å²) >= 11 is 0. The fourth-order valence-corrected chi connectivity index (χ4v) is 8.21. The van der Waals surface area contributed by atoms with E-state index in [9.17, 15) is 0 Å². The van der Waals surface area contributed by atoms with Crippen LogP contribution < -0.4 is 0 Å². The van der Waals surface area contributed by atoms with Gasteiger partial charge in [-0.2, -0.15) is 0 Å². The number of hydrogen-bond donors (Lipinski definition) is 0. The minimum Gasteiger partial charge on any atom is -0.309 e. The van der Waals surface area contributed by atoms with Crippen molar-refractivity contribution in [2.45, 2.75) is 0 Å². The molecule has 4 nitrogen and oxygen atoms in total. The van der Waals surface area contributed by atoms with Crippen LogP contribution in [0.4, 0.5) is 0 Å². The molecule has 0 atom stereocenters. The van der Waals surface area contributed by atoms with Crippen LogP contribution in [0.2, 0.25) is 0 Å². The molecule has 0 spiro atoms. The topological polar surface area (TPSA) is 35.6 Å². The van der Waals surface area contributed by atoms with Gasteiger partial charge in [-0.05, 0) is 65.7 Å². The lowest BCUT2D eigenvalue weighted by molar-refractivity contribution is 1.18. The number of nitrogens with zero attached hydrogens (tertiary/aromatic N) is 4. The van der Waals surface area contributed by atoms with Gasteiger partial charge in [-0.25, -0.2) is 9.97 Å². The van der Waals surface area contributed by atoms with Crippen molar-refractivity contribution in [3.05, 3.63) is 194 Å². The van der Waals surface area contributed by atoms with Gasteiger partial charge in [0.1, 0.15) is 0 Å². The lowest BCUT2D eigenvalue weighted by Crippen LogP contribution is -1.97. The van der Waals surface area contributed by atoms with Gasteiger partial charge in [0.2, 0.25) is 0 Å². The molecule has 0 saturated carbocycles. The first-order valence-electron chi connectivity index (χ1n) is 18.3. The highest BCUT2D eigenvalue weighted by molar-refractivity contribution is 6.10. The van der Waals surface area contributed by atoms with Crippen molar-refractivity contribution < 1.29 is 0 Å². The van der Waals surface area contributed by atoms with Crippen LogP contribution in [0.3, 0.4) is 0 Å². The predicted molar refractivity (Wildman–Crippen MR) is 225 cm³/mol. The lowest BCUT2D eigenvalue weighted by Gasteiger charge is -2.12. The molecule has 11 rings (SSSR count). The third-order valence-electron chi connectivity index (χ3n) is 10.8. The Hall–Kier alpha value is -7.30. The second-order valence-corrected chi connectivity index (χ2v) is 13.8. The molecule has 0 aliphatic heterocycles. The summed E-state index contributed by atoms with van der Waals surface area (Å²) in [6.45, 7) is 0. The summed E-state index contributed by atoms with van der Waals surface area (Å²) in [7, 11) is 0. The van der Waals surface area contributed by atoms with Crippen LogP contribution in [-0.2, 0) is 0 Å². The number of hydrogen-bond acceptors (Lipinski definition) is 2. The molecule has 0 saturated heterocycles. The number of benzene rings is 8. The van der Waals surface area contributed by atoms with E-state index in [2.05, 4.69) is 197 Å². The third-order valence-corrected chi connectivity index (χ3v) is 10.8. The molecule has 0 unspecified atom stereocenters. The molecule has 8 aromatic carbocycles. The van der Waals surface area contributed by atoms with Gasteiger partial charge in [-0.1, -0.05) is 140 Å². The Morgan fingerprint density at radius 3 is 1.09 bits per heavy atom. The van der Waals surface area contributed by atoms with Crippen molar-refractivity contribution in [3.8, 4) is 45.1 Å². The standard InChI is InChI=1S/C50H32N4/c1-6-16-44-43(15-1)49(35-27-31-38(32-28-35)54-47-19-9-4-13-41(47)42-14-5-10-20-48(42)54)52-50(51-44)36-23-21-33(22-24-36)34-25-29-37(30-26-34)53-45-17-7-2-11-39(45)40-12-3-8-18-46(40)53/h1-32H. The highest BCUT2D eigenvalue weighted by atomic mass is 15.0.